The van der Waals surface area contributed by atoms with Gasteiger partial charge in [-0.25, -0.2) is 9.36 Å². The highest BCUT2D eigenvalue weighted by atomic mass is 32.1. The van der Waals surface area contributed by atoms with Crippen molar-refractivity contribution in [3.8, 4) is 5.88 Å². The molecule has 5 heteroatoms. The van der Waals surface area contributed by atoms with Crippen LogP contribution in [0, 0.1) is 6.92 Å². The zero-order chi connectivity index (χ0) is 13.4. The predicted molar refractivity (Wildman–Crippen MR) is 71.5 cm³/mol. The predicted octanol–water partition coefficient (Wildman–Crippen LogP) is 1.08. The van der Waals surface area contributed by atoms with Crippen LogP contribution in [0.2, 0.25) is 0 Å². The van der Waals surface area contributed by atoms with Gasteiger partial charge in [0.05, 0.1) is 11.4 Å². The van der Waals surface area contributed by atoms with Gasteiger partial charge in [0.2, 0.25) is 0 Å². The highest BCUT2D eigenvalue weighted by molar-refractivity contribution is 7.14. The number of thiazole rings is 1. The molecule has 0 N–H and O–H groups in total. The van der Waals surface area contributed by atoms with Crippen molar-refractivity contribution in [2.75, 3.05) is 0 Å². The molecule has 2 aromatic heterocycles. The Balaban J connectivity index is 2.23. The van der Waals surface area contributed by atoms with Crippen molar-refractivity contribution < 1.29 is 9.67 Å². The third kappa shape index (κ3) is 1.92. The second-order valence-corrected chi connectivity index (χ2v) is 5.24. The van der Waals surface area contributed by atoms with E-state index in [1.807, 2.05) is 35.7 Å². The molecule has 0 spiro atoms. The van der Waals surface area contributed by atoms with E-state index in [0.29, 0.717) is 11.5 Å². The van der Waals surface area contributed by atoms with Crippen LogP contribution in [0.1, 0.15) is 11.1 Å². The lowest BCUT2D eigenvalue weighted by atomic mass is 10.2. The fraction of sp³-hybridized carbons (Fsp3) is 0.143. The van der Waals surface area contributed by atoms with Gasteiger partial charge in [-0.15, -0.1) is 0 Å². The molecule has 0 saturated carbocycles. The van der Waals surface area contributed by atoms with Crippen molar-refractivity contribution in [1.29, 1.82) is 0 Å². The lowest BCUT2D eigenvalue weighted by Gasteiger charge is -2.13. The van der Waals surface area contributed by atoms with Crippen LogP contribution in [-0.4, -0.2) is 4.40 Å². The lowest BCUT2D eigenvalue weighted by Crippen LogP contribution is -2.43. The number of benzene rings is 1. The highest BCUT2D eigenvalue weighted by Crippen LogP contribution is 2.11. The molecule has 0 aliphatic heterocycles. The summed E-state index contributed by atoms with van der Waals surface area (Å²) in [4.78, 5) is 12.6. The van der Waals surface area contributed by atoms with Crippen molar-refractivity contribution in [2.45, 2.75) is 13.5 Å². The topological polar surface area (TPSA) is 48.4 Å². The Kier molecular flexibility index (Phi) is 2.83. The standard InChI is InChI=1S/C14H12N2O2S/c1-10-12(17)15-7-8-19-14(15)16(13(10)18)9-11-5-3-2-4-6-11/h2-8H,9H2,1H3. The Labute approximate surface area is 113 Å². The van der Waals surface area contributed by atoms with Gasteiger partial charge < -0.3 is 5.11 Å². The molecule has 4 nitrogen and oxygen atoms in total. The first-order valence-corrected chi connectivity index (χ1v) is 6.79. The molecule has 0 unspecified atom stereocenters. The third-order valence-electron chi connectivity index (χ3n) is 3.11. The minimum Gasteiger partial charge on any atom is -0.842 e. The van der Waals surface area contributed by atoms with E-state index in [4.69, 9.17) is 0 Å². The molecule has 0 aliphatic carbocycles. The number of hydrogen-bond acceptors (Lipinski definition) is 3. The Morgan fingerprint density at radius 3 is 2.79 bits per heavy atom. The molecule has 1 aromatic carbocycles. The Morgan fingerprint density at radius 1 is 1.32 bits per heavy atom. The van der Waals surface area contributed by atoms with Crippen molar-refractivity contribution in [3.05, 3.63) is 63.4 Å². The van der Waals surface area contributed by atoms with E-state index in [2.05, 4.69) is 0 Å². The van der Waals surface area contributed by atoms with E-state index >= 15 is 0 Å². The summed E-state index contributed by atoms with van der Waals surface area (Å²) in [6, 6.07) is 9.75. The molecule has 0 amide bonds. The van der Waals surface area contributed by atoms with E-state index in [9.17, 15) is 9.90 Å². The second-order valence-electron chi connectivity index (χ2n) is 4.36. The van der Waals surface area contributed by atoms with Gasteiger partial charge in [0.15, 0.2) is 0 Å². The Bertz CT molecular complexity index is 790. The molecular formula is C14H12N2O2S. The summed E-state index contributed by atoms with van der Waals surface area (Å²) < 4.78 is 3.18. The smallest absolute Gasteiger partial charge is 0.348 e. The molecule has 2 heterocycles. The zero-order valence-electron chi connectivity index (χ0n) is 10.4. The van der Waals surface area contributed by atoms with Gasteiger partial charge in [-0.05, 0) is 12.5 Å². The van der Waals surface area contributed by atoms with Gasteiger partial charge in [-0.2, -0.15) is 4.40 Å². The maximum atomic E-state index is 12.3. The largest absolute Gasteiger partial charge is 0.842 e. The van der Waals surface area contributed by atoms with Crippen molar-refractivity contribution in [2.24, 2.45) is 0 Å². The molecule has 0 radical (unpaired) electrons. The number of rotatable bonds is 2. The SMILES string of the molecule is Cc1c([O-])[n+](Cc2ccccc2)c2sccn2c1=O. The van der Waals surface area contributed by atoms with Crippen LogP contribution in [0.25, 0.3) is 4.96 Å². The molecule has 0 aliphatic rings. The monoisotopic (exact) mass is 272 g/mol. The summed E-state index contributed by atoms with van der Waals surface area (Å²) in [5, 5.41) is 14.1. The fourth-order valence-electron chi connectivity index (χ4n) is 2.09. The second kappa shape index (κ2) is 4.51. The van der Waals surface area contributed by atoms with E-state index in [1.54, 1.807) is 17.7 Å². The quantitative estimate of drug-likeness (QED) is 0.655. The number of fused-ring (bicyclic) bond motifs is 1. The van der Waals surface area contributed by atoms with Crippen molar-refractivity contribution in [1.82, 2.24) is 4.40 Å². The molecule has 3 rings (SSSR count). The van der Waals surface area contributed by atoms with E-state index in [-0.39, 0.29) is 17.0 Å². The summed E-state index contributed by atoms with van der Waals surface area (Å²) in [5.41, 5.74) is 1.07. The molecule has 0 fully saturated rings. The van der Waals surface area contributed by atoms with Crippen LogP contribution in [0.5, 0.6) is 5.88 Å². The van der Waals surface area contributed by atoms with Gasteiger partial charge >= 0.3 is 10.5 Å². The third-order valence-corrected chi connectivity index (χ3v) is 4.00. The average Bonchev–Trinajstić information content (AvgIpc) is 2.92. The molecule has 96 valence electrons. The first-order chi connectivity index (χ1) is 9.18. The molecule has 3 aromatic rings. The Hall–Kier alpha value is -2.14. The number of aromatic nitrogens is 2. The van der Waals surface area contributed by atoms with Crippen LogP contribution in [0.4, 0.5) is 0 Å². The molecule has 0 saturated heterocycles. The van der Waals surface area contributed by atoms with Crippen molar-refractivity contribution >= 4 is 16.3 Å². The highest BCUT2D eigenvalue weighted by Gasteiger charge is 2.17. The maximum Gasteiger partial charge on any atom is 0.348 e. The summed E-state index contributed by atoms with van der Waals surface area (Å²) in [6.45, 7) is 2.06. The number of nitrogens with zero attached hydrogens (tertiary/aromatic N) is 2. The van der Waals surface area contributed by atoms with Crippen LogP contribution in [0.3, 0.4) is 0 Å². The first kappa shape index (κ1) is 11.9. The maximum absolute atomic E-state index is 12.3. The van der Waals surface area contributed by atoms with Crippen LogP contribution in [0.15, 0.2) is 46.7 Å². The van der Waals surface area contributed by atoms with Crippen LogP contribution in [-0.2, 0) is 6.54 Å². The Morgan fingerprint density at radius 2 is 2.05 bits per heavy atom. The van der Waals surface area contributed by atoms with E-state index in [1.165, 1.54) is 15.7 Å². The molecule has 0 bridgehead atoms. The minimum atomic E-state index is -0.231. The lowest BCUT2D eigenvalue weighted by molar-refractivity contribution is -0.707. The average molecular weight is 272 g/mol. The van der Waals surface area contributed by atoms with Gasteiger partial charge in [0.25, 0.3) is 0 Å². The minimum absolute atomic E-state index is 0.212. The van der Waals surface area contributed by atoms with Gasteiger partial charge in [-0.1, -0.05) is 41.7 Å². The summed E-state index contributed by atoms with van der Waals surface area (Å²) in [7, 11) is 0. The van der Waals surface area contributed by atoms with Gasteiger partial charge in [0.1, 0.15) is 12.7 Å². The van der Waals surface area contributed by atoms with E-state index in [0.717, 1.165) is 5.56 Å². The van der Waals surface area contributed by atoms with Crippen LogP contribution >= 0.6 is 11.3 Å². The summed E-state index contributed by atoms with van der Waals surface area (Å²) in [6.07, 6.45) is 1.70. The summed E-state index contributed by atoms with van der Waals surface area (Å²) >= 11 is 1.40. The first-order valence-electron chi connectivity index (χ1n) is 5.91. The van der Waals surface area contributed by atoms with Gasteiger partial charge in [0, 0.05) is 5.38 Å². The molecule has 0 atom stereocenters. The van der Waals surface area contributed by atoms with Crippen LogP contribution < -0.4 is 15.2 Å². The molecular weight excluding hydrogens is 260 g/mol. The fourth-order valence-corrected chi connectivity index (χ4v) is 2.92. The number of hydrogen-bond donors (Lipinski definition) is 0. The normalized spacial score (nSPS) is 11.0. The summed E-state index contributed by atoms with van der Waals surface area (Å²) in [5.74, 6) is -0.212. The zero-order valence-corrected chi connectivity index (χ0v) is 11.2. The van der Waals surface area contributed by atoms with Crippen molar-refractivity contribution in [3.63, 3.8) is 0 Å². The van der Waals surface area contributed by atoms with Gasteiger partial charge in [-0.3, -0.25) is 0 Å². The molecule has 19 heavy (non-hydrogen) atoms. The van der Waals surface area contributed by atoms with E-state index < -0.39 is 0 Å².